The van der Waals surface area contributed by atoms with Gasteiger partial charge < -0.3 is 14.8 Å². The number of fused-ring (bicyclic) bond motifs is 1. The smallest absolute Gasteiger partial charge is 0.418 e. The summed E-state index contributed by atoms with van der Waals surface area (Å²) in [4.78, 5) is 12.5. The Kier molecular flexibility index (Phi) is 5.77. The third-order valence-corrected chi connectivity index (χ3v) is 4.86. The summed E-state index contributed by atoms with van der Waals surface area (Å²) in [6, 6.07) is 8.34. The van der Waals surface area contributed by atoms with Gasteiger partial charge in [0.15, 0.2) is 11.5 Å². The van der Waals surface area contributed by atoms with Crippen LogP contribution in [-0.2, 0) is 17.4 Å². The molecule has 0 bridgehead atoms. The lowest BCUT2D eigenvalue weighted by atomic mass is 10.1. The average molecular weight is 452 g/mol. The molecule has 4 rings (SSSR count). The summed E-state index contributed by atoms with van der Waals surface area (Å²) >= 11 is 6.22. The number of amides is 1. The highest BCUT2D eigenvalue weighted by atomic mass is 35.5. The van der Waals surface area contributed by atoms with Crippen molar-refractivity contribution in [1.82, 2.24) is 9.78 Å². The maximum Gasteiger partial charge on any atom is 0.418 e. The average Bonchev–Trinajstić information content (AvgIpc) is 3.13. The molecule has 1 aromatic heterocycles. The molecule has 1 N–H and O–H groups in total. The Balaban J connectivity index is 1.56. The fraction of sp³-hybridized carbons (Fsp3) is 0.238. The van der Waals surface area contributed by atoms with E-state index < -0.39 is 17.6 Å². The van der Waals surface area contributed by atoms with Crippen molar-refractivity contribution < 1.29 is 27.4 Å². The molecule has 162 valence electrons. The van der Waals surface area contributed by atoms with Crippen LogP contribution in [0.5, 0.6) is 11.5 Å². The van der Waals surface area contributed by atoms with Gasteiger partial charge in [-0.1, -0.05) is 11.6 Å². The largest absolute Gasteiger partial charge is 0.489 e. The molecule has 0 saturated heterocycles. The van der Waals surface area contributed by atoms with Crippen LogP contribution >= 0.6 is 11.6 Å². The molecule has 0 fully saturated rings. The van der Waals surface area contributed by atoms with Crippen LogP contribution in [0.3, 0.4) is 0 Å². The Morgan fingerprint density at radius 1 is 1.19 bits per heavy atom. The van der Waals surface area contributed by atoms with Crippen molar-refractivity contribution in [3.8, 4) is 17.2 Å². The molecule has 0 atom stereocenters. The van der Waals surface area contributed by atoms with Gasteiger partial charge in [0.05, 0.1) is 41.6 Å². The van der Waals surface area contributed by atoms with Crippen molar-refractivity contribution in [2.75, 3.05) is 18.5 Å². The number of carbonyl (C=O) groups excluding carboxylic acids is 1. The fourth-order valence-corrected chi connectivity index (χ4v) is 3.49. The third-order valence-electron chi connectivity index (χ3n) is 4.58. The topological polar surface area (TPSA) is 65.4 Å². The first kappa shape index (κ1) is 21.0. The van der Waals surface area contributed by atoms with Crippen molar-refractivity contribution in [3.63, 3.8) is 0 Å². The number of ether oxygens (including phenoxy) is 2. The number of halogens is 4. The van der Waals surface area contributed by atoms with E-state index in [1.807, 2.05) is 0 Å². The summed E-state index contributed by atoms with van der Waals surface area (Å²) < 4.78 is 53.2. The first-order valence-corrected chi connectivity index (χ1v) is 9.78. The maximum absolute atomic E-state index is 13.6. The summed E-state index contributed by atoms with van der Waals surface area (Å²) in [5, 5.41) is 6.56. The molecule has 3 aromatic rings. The summed E-state index contributed by atoms with van der Waals surface area (Å²) in [7, 11) is 0. The van der Waals surface area contributed by atoms with Crippen LogP contribution < -0.4 is 14.8 Å². The van der Waals surface area contributed by atoms with Gasteiger partial charge >= 0.3 is 6.18 Å². The number of anilines is 1. The van der Waals surface area contributed by atoms with Gasteiger partial charge in [-0.3, -0.25) is 4.79 Å². The highest BCUT2D eigenvalue weighted by Gasteiger charge is 2.34. The number of hydrogen-bond acceptors (Lipinski definition) is 4. The Morgan fingerprint density at radius 3 is 2.74 bits per heavy atom. The Labute approximate surface area is 180 Å². The van der Waals surface area contributed by atoms with E-state index in [-0.39, 0.29) is 22.8 Å². The molecular formula is C21H17ClF3N3O3. The normalized spacial score (nSPS) is 13.5. The molecule has 1 aliphatic heterocycles. The molecule has 0 spiro atoms. The zero-order valence-electron chi connectivity index (χ0n) is 16.1. The number of alkyl halides is 3. The fourth-order valence-electron chi connectivity index (χ4n) is 3.21. The van der Waals surface area contributed by atoms with Gasteiger partial charge in [0.2, 0.25) is 5.91 Å². The lowest BCUT2D eigenvalue weighted by Crippen LogP contribution is -2.18. The van der Waals surface area contributed by atoms with Crippen LogP contribution in [-0.4, -0.2) is 28.9 Å². The molecule has 1 amide bonds. The van der Waals surface area contributed by atoms with E-state index >= 15 is 0 Å². The summed E-state index contributed by atoms with van der Waals surface area (Å²) in [5.41, 5.74) is -0.585. The Morgan fingerprint density at radius 2 is 2.00 bits per heavy atom. The monoisotopic (exact) mass is 451 g/mol. The minimum absolute atomic E-state index is 0.186. The molecule has 2 heterocycles. The highest BCUT2D eigenvalue weighted by molar-refractivity contribution is 6.32. The maximum atomic E-state index is 13.6. The molecule has 6 nitrogen and oxygen atoms in total. The van der Waals surface area contributed by atoms with E-state index in [2.05, 4.69) is 10.4 Å². The van der Waals surface area contributed by atoms with Crippen molar-refractivity contribution in [2.24, 2.45) is 0 Å². The Hall–Kier alpha value is -3.20. The van der Waals surface area contributed by atoms with Crippen LogP contribution in [0.1, 0.15) is 17.5 Å². The van der Waals surface area contributed by atoms with Gasteiger partial charge in [-0.15, -0.1) is 0 Å². The molecule has 0 unspecified atom stereocenters. The van der Waals surface area contributed by atoms with E-state index in [1.165, 1.54) is 29.2 Å². The van der Waals surface area contributed by atoms with Gasteiger partial charge in [-0.2, -0.15) is 18.3 Å². The first-order valence-electron chi connectivity index (χ1n) is 9.40. The van der Waals surface area contributed by atoms with Crippen LogP contribution in [0.4, 0.5) is 18.9 Å². The number of aromatic nitrogens is 2. The number of hydrogen-bond donors (Lipinski definition) is 1. The van der Waals surface area contributed by atoms with Gasteiger partial charge in [-0.25, -0.2) is 4.68 Å². The zero-order chi connectivity index (χ0) is 22.0. The van der Waals surface area contributed by atoms with Gasteiger partial charge in [-0.05, 0) is 42.0 Å². The minimum Gasteiger partial charge on any atom is -0.489 e. The summed E-state index contributed by atoms with van der Waals surface area (Å²) in [6.45, 7) is 0.901. The van der Waals surface area contributed by atoms with Gasteiger partial charge in [0, 0.05) is 18.8 Å². The molecule has 0 saturated carbocycles. The predicted octanol–water partition coefficient (Wildman–Crippen LogP) is 4.89. The zero-order valence-corrected chi connectivity index (χ0v) is 16.8. The second kappa shape index (κ2) is 8.50. The van der Waals surface area contributed by atoms with Gasteiger partial charge in [0.25, 0.3) is 0 Å². The lowest BCUT2D eigenvalue weighted by molar-refractivity contribution is -0.137. The van der Waals surface area contributed by atoms with Gasteiger partial charge in [0.1, 0.15) is 0 Å². The van der Waals surface area contributed by atoms with E-state index in [4.69, 9.17) is 21.1 Å². The second-order valence-electron chi connectivity index (χ2n) is 6.86. The van der Waals surface area contributed by atoms with Crippen LogP contribution in [0.25, 0.3) is 5.69 Å². The molecule has 0 radical (unpaired) electrons. The predicted molar refractivity (Wildman–Crippen MR) is 108 cm³/mol. The van der Waals surface area contributed by atoms with Crippen LogP contribution in [0, 0.1) is 0 Å². The molecule has 2 aromatic carbocycles. The number of nitrogens with zero attached hydrogens (tertiary/aromatic N) is 2. The van der Waals surface area contributed by atoms with Crippen LogP contribution in [0.2, 0.25) is 5.02 Å². The minimum atomic E-state index is -4.66. The quantitative estimate of drug-likeness (QED) is 0.613. The lowest BCUT2D eigenvalue weighted by Gasteiger charge is -2.16. The number of nitrogens with one attached hydrogen (secondary N) is 1. The molecular weight excluding hydrogens is 435 g/mol. The van der Waals surface area contributed by atoms with E-state index in [0.717, 1.165) is 6.07 Å². The third kappa shape index (κ3) is 4.77. The molecule has 10 heteroatoms. The molecule has 0 aliphatic carbocycles. The molecule has 1 aliphatic rings. The Bertz CT molecular complexity index is 1100. The van der Waals surface area contributed by atoms with Crippen molar-refractivity contribution >= 4 is 23.2 Å². The van der Waals surface area contributed by atoms with Crippen molar-refractivity contribution in [3.05, 3.63) is 64.9 Å². The number of carbonyl (C=O) groups is 1. The molecule has 31 heavy (non-hydrogen) atoms. The second-order valence-corrected chi connectivity index (χ2v) is 7.27. The van der Waals surface area contributed by atoms with Crippen LogP contribution in [0.15, 0.2) is 48.8 Å². The van der Waals surface area contributed by atoms with E-state index in [9.17, 15) is 18.0 Å². The number of benzene rings is 2. The standard InChI is InChI=1S/C21H17ClF3N3O3/c22-16-9-13(10-18-20(16)31-8-2-7-30-18)11-19(29)27-17-4-3-14(28-6-1-5-26-28)12-15(17)21(23,24)25/h1,3-6,9-10,12H,2,7-8,11H2,(H,27,29). The highest BCUT2D eigenvalue weighted by Crippen LogP contribution is 2.39. The first-order chi connectivity index (χ1) is 14.8. The van der Waals surface area contributed by atoms with Crippen molar-refractivity contribution in [2.45, 2.75) is 19.0 Å². The summed E-state index contributed by atoms with van der Waals surface area (Å²) in [6.07, 6.45) is -1.17. The van der Waals surface area contributed by atoms with E-state index in [1.54, 1.807) is 18.2 Å². The number of rotatable bonds is 4. The SMILES string of the molecule is O=C(Cc1cc(Cl)c2c(c1)OCCCO2)Nc1ccc(-n2cccn2)cc1C(F)(F)F. The van der Waals surface area contributed by atoms with E-state index in [0.29, 0.717) is 36.7 Å². The van der Waals surface area contributed by atoms with Crippen molar-refractivity contribution in [1.29, 1.82) is 0 Å². The summed E-state index contributed by atoms with van der Waals surface area (Å²) in [5.74, 6) is 0.187.